The number of ether oxygens (including phenoxy) is 2. The number of aryl methyl sites for hydroxylation is 1. The van der Waals surface area contributed by atoms with Crippen LogP contribution in [0.1, 0.15) is 38.7 Å². The molecule has 0 aromatic heterocycles. The zero-order chi connectivity index (χ0) is 14.1. The molecule has 1 aromatic carbocycles. The predicted octanol–water partition coefficient (Wildman–Crippen LogP) is 4.57. The molecule has 108 valence electrons. The second-order valence-corrected chi connectivity index (χ2v) is 4.76. The van der Waals surface area contributed by atoms with Gasteiger partial charge in [-0.1, -0.05) is 13.8 Å². The van der Waals surface area contributed by atoms with Crippen molar-refractivity contribution >= 4 is 11.6 Å². The normalized spacial score (nSPS) is 10.5. The quantitative estimate of drug-likeness (QED) is 0.620. The summed E-state index contributed by atoms with van der Waals surface area (Å²) in [7, 11) is 0. The molecule has 0 amide bonds. The molecule has 0 unspecified atom stereocenters. The Hall–Kier alpha value is -0.960. The Balaban J connectivity index is 2.91. The smallest absolute Gasteiger partial charge is 0.164 e. The van der Waals surface area contributed by atoms with Gasteiger partial charge in [0, 0.05) is 11.9 Å². The van der Waals surface area contributed by atoms with Crippen molar-refractivity contribution in [3.63, 3.8) is 0 Å². The summed E-state index contributed by atoms with van der Waals surface area (Å²) in [5.41, 5.74) is 0.635. The number of rotatable bonds is 9. The summed E-state index contributed by atoms with van der Waals surface area (Å²) in [5, 5.41) is 0. The van der Waals surface area contributed by atoms with Crippen LogP contribution in [0.2, 0.25) is 0 Å². The van der Waals surface area contributed by atoms with Gasteiger partial charge in [-0.05, 0) is 37.3 Å². The summed E-state index contributed by atoms with van der Waals surface area (Å²) < 4.78 is 25.1. The van der Waals surface area contributed by atoms with E-state index in [1.54, 1.807) is 6.07 Å². The van der Waals surface area contributed by atoms with Crippen molar-refractivity contribution in [1.29, 1.82) is 0 Å². The highest BCUT2D eigenvalue weighted by molar-refractivity contribution is 6.17. The molecule has 0 aliphatic rings. The molecule has 4 heteroatoms. The molecular weight excluding hydrogens is 267 g/mol. The van der Waals surface area contributed by atoms with Gasteiger partial charge < -0.3 is 9.47 Å². The SMILES string of the molecule is CCCOc1cc(F)c(CCCCl)cc1OCCC. The molecular formula is C15H22ClFO2. The third-order valence-corrected chi connectivity index (χ3v) is 2.88. The van der Waals surface area contributed by atoms with Crippen molar-refractivity contribution < 1.29 is 13.9 Å². The Bertz CT molecular complexity index is 383. The lowest BCUT2D eigenvalue weighted by atomic mass is 10.1. The fourth-order valence-corrected chi connectivity index (χ4v) is 1.81. The minimum Gasteiger partial charge on any atom is -0.490 e. The maximum Gasteiger partial charge on any atom is 0.164 e. The summed E-state index contributed by atoms with van der Waals surface area (Å²) in [6.45, 7) is 5.20. The van der Waals surface area contributed by atoms with E-state index in [4.69, 9.17) is 21.1 Å². The van der Waals surface area contributed by atoms with E-state index in [0.717, 1.165) is 19.3 Å². The van der Waals surface area contributed by atoms with E-state index in [1.165, 1.54) is 6.07 Å². The summed E-state index contributed by atoms with van der Waals surface area (Å²) in [6, 6.07) is 3.16. The molecule has 0 bridgehead atoms. The molecule has 0 N–H and O–H groups in total. The lowest BCUT2D eigenvalue weighted by molar-refractivity contribution is 0.266. The topological polar surface area (TPSA) is 18.5 Å². The Morgan fingerprint density at radius 1 is 1.05 bits per heavy atom. The van der Waals surface area contributed by atoms with Crippen LogP contribution in [-0.4, -0.2) is 19.1 Å². The summed E-state index contributed by atoms with van der Waals surface area (Å²) in [4.78, 5) is 0. The van der Waals surface area contributed by atoms with Crippen molar-refractivity contribution in [2.45, 2.75) is 39.5 Å². The van der Waals surface area contributed by atoms with Gasteiger partial charge in [0.1, 0.15) is 5.82 Å². The maximum absolute atomic E-state index is 13.9. The van der Waals surface area contributed by atoms with Gasteiger partial charge in [0.2, 0.25) is 0 Å². The molecule has 0 fully saturated rings. The van der Waals surface area contributed by atoms with Crippen LogP contribution in [0.4, 0.5) is 4.39 Å². The predicted molar refractivity (Wildman–Crippen MR) is 77.0 cm³/mol. The van der Waals surface area contributed by atoms with Crippen LogP contribution in [0.5, 0.6) is 11.5 Å². The highest BCUT2D eigenvalue weighted by atomic mass is 35.5. The first-order valence-electron chi connectivity index (χ1n) is 6.86. The summed E-state index contributed by atoms with van der Waals surface area (Å²) >= 11 is 5.65. The molecule has 19 heavy (non-hydrogen) atoms. The van der Waals surface area contributed by atoms with Gasteiger partial charge >= 0.3 is 0 Å². The van der Waals surface area contributed by atoms with Gasteiger partial charge in [-0.2, -0.15) is 0 Å². The van der Waals surface area contributed by atoms with Crippen molar-refractivity contribution in [2.75, 3.05) is 19.1 Å². The number of halogens is 2. The average molecular weight is 289 g/mol. The lowest BCUT2D eigenvalue weighted by Gasteiger charge is -2.14. The Kier molecular flexibility index (Phi) is 7.65. The molecule has 0 spiro atoms. The van der Waals surface area contributed by atoms with Crippen LogP contribution in [-0.2, 0) is 6.42 Å². The zero-order valence-corrected chi connectivity index (χ0v) is 12.4. The largest absolute Gasteiger partial charge is 0.490 e. The van der Waals surface area contributed by atoms with Crippen LogP contribution in [0.25, 0.3) is 0 Å². The van der Waals surface area contributed by atoms with Gasteiger partial charge in [-0.25, -0.2) is 4.39 Å². The van der Waals surface area contributed by atoms with Crippen LogP contribution in [0.3, 0.4) is 0 Å². The molecule has 0 saturated heterocycles. The van der Waals surface area contributed by atoms with Gasteiger partial charge in [-0.3, -0.25) is 0 Å². The highest BCUT2D eigenvalue weighted by Gasteiger charge is 2.12. The van der Waals surface area contributed by atoms with E-state index in [0.29, 0.717) is 42.6 Å². The van der Waals surface area contributed by atoms with Crippen molar-refractivity contribution in [1.82, 2.24) is 0 Å². The molecule has 1 rings (SSSR count). The molecule has 2 nitrogen and oxygen atoms in total. The van der Waals surface area contributed by atoms with Gasteiger partial charge in [-0.15, -0.1) is 11.6 Å². The van der Waals surface area contributed by atoms with E-state index >= 15 is 0 Å². The molecule has 1 aromatic rings. The van der Waals surface area contributed by atoms with Gasteiger partial charge in [0.05, 0.1) is 13.2 Å². The second-order valence-electron chi connectivity index (χ2n) is 4.38. The minimum atomic E-state index is -0.250. The van der Waals surface area contributed by atoms with E-state index in [2.05, 4.69) is 0 Å². The van der Waals surface area contributed by atoms with Crippen molar-refractivity contribution in [3.8, 4) is 11.5 Å². The number of hydrogen-bond acceptors (Lipinski definition) is 2. The third-order valence-electron chi connectivity index (χ3n) is 2.62. The lowest BCUT2D eigenvalue weighted by Crippen LogP contribution is -2.03. The fraction of sp³-hybridized carbons (Fsp3) is 0.600. The maximum atomic E-state index is 13.9. The number of benzene rings is 1. The summed E-state index contributed by atoms with van der Waals surface area (Å²) in [6.07, 6.45) is 3.15. The first-order valence-corrected chi connectivity index (χ1v) is 7.40. The van der Waals surface area contributed by atoms with Crippen LogP contribution >= 0.6 is 11.6 Å². The van der Waals surface area contributed by atoms with Crippen LogP contribution < -0.4 is 9.47 Å². The highest BCUT2D eigenvalue weighted by Crippen LogP contribution is 2.31. The Morgan fingerprint density at radius 3 is 2.16 bits per heavy atom. The molecule has 0 radical (unpaired) electrons. The molecule has 0 atom stereocenters. The minimum absolute atomic E-state index is 0.250. The molecule has 0 heterocycles. The van der Waals surface area contributed by atoms with E-state index in [-0.39, 0.29) is 5.82 Å². The standard InChI is InChI=1S/C15H22ClFO2/c1-3-8-18-14-10-12(6-5-7-16)13(17)11-15(14)19-9-4-2/h10-11H,3-9H2,1-2H3. The van der Waals surface area contributed by atoms with E-state index in [1.807, 2.05) is 13.8 Å². The molecule has 0 aliphatic heterocycles. The van der Waals surface area contributed by atoms with Gasteiger partial charge in [0.15, 0.2) is 11.5 Å². The van der Waals surface area contributed by atoms with Crippen LogP contribution in [0, 0.1) is 5.82 Å². The number of hydrogen-bond donors (Lipinski definition) is 0. The zero-order valence-electron chi connectivity index (χ0n) is 11.7. The Labute approximate surface area is 119 Å². The number of alkyl halides is 1. The van der Waals surface area contributed by atoms with E-state index < -0.39 is 0 Å². The fourth-order valence-electron chi connectivity index (χ4n) is 1.68. The average Bonchev–Trinajstić information content (AvgIpc) is 2.42. The van der Waals surface area contributed by atoms with Crippen molar-refractivity contribution in [3.05, 3.63) is 23.5 Å². The first kappa shape index (κ1) is 16.1. The van der Waals surface area contributed by atoms with Gasteiger partial charge in [0.25, 0.3) is 0 Å². The Morgan fingerprint density at radius 2 is 1.63 bits per heavy atom. The monoisotopic (exact) mass is 288 g/mol. The van der Waals surface area contributed by atoms with E-state index in [9.17, 15) is 4.39 Å². The second kappa shape index (κ2) is 9.03. The molecule has 0 saturated carbocycles. The third kappa shape index (κ3) is 5.27. The summed E-state index contributed by atoms with van der Waals surface area (Å²) in [5.74, 6) is 1.39. The first-order chi connectivity index (χ1) is 9.22. The van der Waals surface area contributed by atoms with Crippen molar-refractivity contribution in [2.24, 2.45) is 0 Å². The van der Waals surface area contributed by atoms with Crippen LogP contribution in [0.15, 0.2) is 12.1 Å². The molecule has 0 aliphatic carbocycles.